The Bertz CT molecular complexity index is 109. The second kappa shape index (κ2) is 4.33. The third-order valence-electron chi connectivity index (χ3n) is 2.37. The Labute approximate surface area is 74.8 Å². The van der Waals surface area contributed by atoms with Crippen molar-refractivity contribution in [3.8, 4) is 0 Å². The summed E-state index contributed by atoms with van der Waals surface area (Å²) in [6, 6.07) is 1.34. The Kier molecular flexibility index (Phi) is 3.69. The van der Waals surface area contributed by atoms with Gasteiger partial charge in [0.25, 0.3) is 0 Å². The Morgan fingerprint density at radius 1 is 1.36 bits per heavy atom. The van der Waals surface area contributed by atoms with Gasteiger partial charge in [-0.15, -0.1) is 0 Å². The molecule has 0 aliphatic carbocycles. The van der Waals surface area contributed by atoms with E-state index in [0.29, 0.717) is 12.1 Å². The molecule has 1 N–H and O–H groups in total. The van der Waals surface area contributed by atoms with Crippen LogP contribution in [0.15, 0.2) is 0 Å². The first-order chi connectivity index (χ1) is 5.25. The van der Waals surface area contributed by atoms with Gasteiger partial charge in [0, 0.05) is 37.5 Å². The van der Waals surface area contributed by atoms with E-state index < -0.39 is 0 Å². The van der Waals surface area contributed by atoms with E-state index in [1.54, 1.807) is 0 Å². The van der Waals surface area contributed by atoms with Crippen LogP contribution in [0.1, 0.15) is 13.8 Å². The predicted molar refractivity (Wildman–Crippen MR) is 52.4 cm³/mol. The molecule has 2 atom stereocenters. The van der Waals surface area contributed by atoms with Gasteiger partial charge in [-0.1, -0.05) is 0 Å². The molecule has 1 saturated heterocycles. The highest BCUT2D eigenvalue weighted by Crippen LogP contribution is 2.08. The van der Waals surface area contributed by atoms with Crippen LogP contribution in [0.25, 0.3) is 0 Å². The number of rotatable bonds is 2. The van der Waals surface area contributed by atoms with E-state index in [4.69, 9.17) is 0 Å². The molecule has 1 heterocycles. The van der Waals surface area contributed by atoms with Crippen molar-refractivity contribution in [2.75, 3.05) is 25.4 Å². The molecule has 1 fully saturated rings. The summed E-state index contributed by atoms with van der Waals surface area (Å²) in [5.74, 6) is 0.967. The van der Waals surface area contributed by atoms with E-state index in [2.05, 4.69) is 36.7 Å². The third kappa shape index (κ3) is 2.36. The number of nitrogens with one attached hydrogen (secondary N) is 1. The minimum atomic E-state index is 0.672. The molecule has 2 nitrogen and oxygen atoms in total. The van der Waals surface area contributed by atoms with Gasteiger partial charge in [-0.3, -0.25) is 4.90 Å². The van der Waals surface area contributed by atoms with E-state index in [0.717, 1.165) is 25.4 Å². The van der Waals surface area contributed by atoms with Crippen LogP contribution in [0, 0.1) is 0 Å². The Hall–Kier alpha value is 0.270. The lowest BCUT2D eigenvalue weighted by Gasteiger charge is -2.39. The van der Waals surface area contributed by atoms with E-state index >= 15 is 0 Å². The second-order valence-electron chi connectivity index (χ2n) is 3.32. The van der Waals surface area contributed by atoms with Crippen molar-refractivity contribution >= 4 is 12.6 Å². The summed E-state index contributed by atoms with van der Waals surface area (Å²) < 4.78 is 0. The van der Waals surface area contributed by atoms with Crippen molar-refractivity contribution in [2.45, 2.75) is 25.9 Å². The molecule has 0 amide bonds. The van der Waals surface area contributed by atoms with Crippen molar-refractivity contribution in [2.24, 2.45) is 0 Å². The molecule has 0 bridgehead atoms. The molecule has 1 aliphatic rings. The van der Waals surface area contributed by atoms with E-state index in [-0.39, 0.29) is 0 Å². The zero-order chi connectivity index (χ0) is 8.27. The maximum Gasteiger partial charge on any atom is 0.0196 e. The average Bonchev–Trinajstić information content (AvgIpc) is 1.97. The van der Waals surface area contributed by atoms with E-state index in [9.17, 15) is 0 Å². The molecule has 0 aromatic carbocycles. The fraction of sp³-hybridized carbons (Fsp3) is 1.00. The zero-order valence-electron chi connectivity index (χ0n) is 7.38. The van der Waals surface area contributed by atoms with Crippen molar-refractivity contribution in [1.29, 1.82) is 0 Å². The summed E-state index contributed by atoms with van der Waals surface area (Å²) in [5.41, 5.74) is 0. The highest BCUT2D eigenvalue weighted by molar-refractivity contribution is 7.80. The van der Waals surface area contributed by atoms with Crippen LogP contribution < -0.4 is 5.32 Å². The van der Waals surface area contributed by atoms with Crippen LogP contribution in [0.3, 0.4) is 0 Å². The largest absolute Gasteiger partial charge is 0.314 e. The zero-order valence-corrected chi connectivity index (χ0v) is 8.27. The molecule has 2 unspecified atom stereocenters. The number of nitrogens with zero attached hydrogens (tertiary/aromatic N) is 1. The fourth-order valence-corrected chi connectivity index (χ4v) is 1.96. The predicted octanol–water partition coefficient (Wildman–Crippen LogP) is 0.598. The lowest BCUT2D eigenvalue weighted by atomic mass is 10.1. The number of thiol groups is 1. The van der Waals surface area contributed by atoms with Gasteiger partial charge < -0.3 is 5.32 Å². The molecule has 1 aliphatic heterocycles. The molecule has 0 spiro atoms. The van der Waals surface area contributed by atoms with Gasteiger partial charge in [-0.25, -0.2) is 0 Å². The first-order valence-electron chi connectivity index (χ1n) is 4.33. The van der Waals surface area contributed by atoms with Crippen LogP contribution in [0.5, 0.6) is 0 Å². The molecule has 0 saturated carbocycles. The smallest absolute Gasteiger partial charge is 0.0196 e. The van der Waals surface area contributed by atoms with Crippen LogP contribution in [0.2, 0.25) is 0 Å². The second-order valence-corrected chi connectivity index (χ2v) is 3.76. The van der Waals surface area contributed by atoms with Gasteiger partial charge in [0.1, 0.15) is 0 Å². The molecule has 11 heavy (non-hydrogen) atoms. The molecule has 66 valence electrons. The molecule has 0 aromatic rings. The van der Waals surface area contributed by atoms with E-state index in [1.807, 2.05) is 0 Å². The van der Waals surface area contributed by atoms with Gasteiger partial charge in [-0.2, -0.15) is 12.6 Å². The third-order valence-corrected chi connectivity index (χ3v) is 2.57. The maximum absolute atomic E-state index is 4.25. The molecule has 0 aromatic heterocycles. The Balaban J connectivity index is 2.41. The number of piperazine rings is 1. The first kappa shape index (κ1) is 9.36. The van der Waals surface area contributed by atoms with Crippen molar-refractivity contribution in [3.63, 3.8) is 0 Å². The van der Waals surface area contributed by atoms with Crippen LogP contribution in [-0.2, 0) is 0 Å². The minimum absolute atomic E-state index is 0.672. The van der Waals surface area contributed by atoms with Crippen molar-refractivity contribution in [1.82, 2.24) is 10.2 Å². The standard InChI is InChI=1S/C8H18N2S/c1-7-5-9-6-8(2)10(7)3-4-11/h7-9,11H,3-6H2,1-2H3. The number of hydrogen-bond donors (Lipinski definition) is 2. The SMILES string of the molecule is CC1CNCC(C)N1CCS. The van der Waals surface area contributed by atoms with Gasteiger partial charge in [0.15, 0.2) is 0 Å². The van der Waals surface area contributed by atoms with Gasteiger partial charge >= 0.3 is 0 Å². The first-order valence-corrected chi connectivity index (χ1v) is 4.96. The van der Waals surface area contributed by atoms with Crippen LogP contribution in [0.4, 0.5) is 0 Å². The summed E-state index contributed by atoms with van der Waals surface area (Å²) >= 11 is 4.25. The molecule has 1 rings (SSSR count). The maximum atomic E-state index is 4.25. The molecule has 0 radical (unpaired) electrons. The van der Waals surface area contributed by atoms with Crippen molar-refractivity contribution in [3.05, 3.63) is 0 Å². The summed E-state index contributed by atoms with van der Waals surface area (Å²) in [7, 11) is 0. The summed E-state index contributed by atoms with van der Waals surface area (Å²) in [4.78, 5) is 2.52. The Morgan fingerprint density at radius 2 is 1.91 bits per heavy atom. The van der Waals surface area contributed by atoms with Crippen LogP contribution >= 0.6 is 12.6 Å². The minimum Gasteiger partial charge on any atom is -0.314 e. The lowest BCUT2D eigenvalue weighted by molar-refractivity contribution is 0.126. The highest BCUT2D eigenvalue weighted by atomic mass is 32.1. The molecular weight excluding hydrogens is 156 g/mol. The quantitative estimate of drug-likeness (QED) is 0.596. The van der Waals surface area contributed by atoms with Gasteiger partial charge in [-0.05, 0) is 13.8 Å². The Morgan fingerprint density at radius 3 is 2.36 bits per heavy atom. The van der Waals surface area contributed by atoms with E-state index in [1.165, 1.54) is 0 Å². The fourth-order valence-electron chi connectivity index (χ4n) is 1.73. The summed E-state index contributed by atoms with van der Waals surface area (Å²) in [5, 5.41) is 3.41. The monoisotopic (exact) mass is 174 g/mol. The van der Waals surface area contributed by atoms with Gasteiger partial charge in [0.05, 0.1) is 0 Å². The topological polar surface area (TPSA) is 15.3 Å². The van der Waals surface area contributed by atoms with Crippen LogP contribution in [-0.4, -0.2) is 42.4 Å². The molecule has 3 heteroatoms. The summed E-state index contributed by atoms with van der Waals surface area (Å²) in [6.07, 6.45) is 0. The van der Waals surface area contributed by atoms with Crippen molar-refractivity contribution < 1.29 is 0 Å². The molecular formula is C8H18N2S. The average molecular weight is 174 g/mol. The number of hydrogen-bond acceptors (Lipinski definition) is 3. The summed E-state index contributed by atoms with van der Waals surface area (Å²) in [6.45, 7) is 7.90. The lowest BCUT2D eigenvalue weighted by Crippen LogP contribution is -2.55. The highest BCUT2D eigenvalue weighted by Gasteiger charge is 2.22. The normalized spacial score (nSPS) is 34.1. The van der Waals surface area contributed by atoms with Gasteiger partial charge in [0.2, 0.25) is 0 Å².